The van der Waals surface area contributed by atoms with Crippen LogP contribution in [0.3, 0.4) is 0 Å². The van der Waals surface area contributed by atoms with Crippen molar-refractivity contribution in [3.8, 4) is 0 Å². The fourth-order valence-corrected chi connectivity index (χ4v) is 3.24. The van der Waals surface area contributed by atoms with Crippen molar-refractivity contribution in [3.05, 3.63) is 0 Å². The third-order valence-corrected chi connectivity index (χ3v) is 4.62. The molecule has 0 aliphatic heterocycles. The molecule has 2 aliphatic rings. The van der Waals surface area contributed by atoms with Gasteiger partial charge in [0.15, 0.2) is 0 Å². The zero-order chi connectivity index (χ0) is 15.4. The Morgan fingerprint density at radius 3 is 2.29 bits per heavy atom. The van der Waals surface area contributed by atoms with E-state index in [1.54, 1.807) is 0 Å². The lowest BCUT2D eigenvalue weighted by Gasteiger charge is -2.26. The Balaban J connectivity index is 1.86. The van der Waals surface area contributed by atoms with Crippen LogP contribution in [-0.4, -0.2) is 40.9 Å². The van der Waals surface area contributed by atoms with E-state index in [9.17, 15) is 14.4 Å². The summed E-state index contributed by atoms with van der Waals surface area (Å²) >= 11 is 0. The van der Waals surface area contributed by atoms with Crippen molar-refractivity contribution in [2.45, 2.75) is 44.9 Å². The van der Waals surface area contributed by atoms with Gasteiger partial charge in [-0.15, -0.1) is 0 Å². The minimum atomic E-state index is -0.931. The summed E-state index contributed by atoms with van der Waals surface area (Å²) in [7, 11) is 0. The van der Waals surface area contributed by atoms with Crippen molar-refractivity contribution in [1.82, 2.24) is 4.90 Å². The number of aliphatic carboxylic acids is 1. The normalized spacial score (nSPS) is 25.3. The Kier molecular flexibility index (Phi) is 5.20. The molecule has 0 saturated heterocycles. The van der Waals surface area contributed by atoms with Gasteiger partial charge in [-0.1, -0.05) is 32.1 Å². The molecule has 0 aromatic rings. The standard InChI is InChI=1S/C15H24N2O4/c16-13(18)9-17(7-6-10-4-2-1-3-5-10)14(19)11-8-12(11)15(20)21/h10-12H,1-9H2,(H2,16,18)(H,20,21). The largest absolute Gasteiger partial charge is 0.481 e. The van der Waals surface area contributed by atoms with Crippen molar-refractivity contribution in [2.24, 2.45) is 23.5 Å². The summed E-state index contributed by atoms with van der Waals surface area (Å²) < 4.78 is 0. The summed E-state index contributed by atoms with van der Waals surface area (Å²) in [5.41, 5.74) is 5.21. The minimum Gasteiger partial charge on any atom is -0.481 e. The second-order valence-electron chi connectivity index (χ2n) is 6.31. The number of rotatable bonds is 7. The first-order valence-corrected chi connectivity index (χ1v) is 7.79. The second kappa shape index (κ2) is 6.91. The maximum absolute atomic E-state index is 12.3. The molecular weight excluding hydrogens is 272 g/mol. The minimum absolute atomic E-state index is 0.103. The highest BCUT2D eigenvalue weighted by Crippen LogP contribution is 2.40. The molecule has 0 aromatic carbocycles. The van der Waals surface area contributed by atoms with E-state index in [4.69, 9.17) is 10.8 Å². The van der Waals surface area contributed by atoms with Gasteiger partial charge in [0.05, 0.1) is 18.4 Å². The molecule has 0 spiro atoms. The van der Waals surface area contributed by atoms with Gasteiger partial charge in [-0.2, -0.15) is 0 Å². The van der Waals surface area contributed by atoms with Gasteiger partial charge in [-0.3, -0.25) is 14.4 Å². The summed E-state index contributed by atoms with van der Waals surface area (Å²) in [6.07, 6.45) is 7.37. The van der Waals surface area contributed by atoms with Crippen LogP contribution in [0.25, 0.3) is 0 Å². The molecule has 0 radical (unpaired) electrons. The molecule has 2 aliphatic carbocycles. The van der Waals surface area contributed by atoms with Crippen LogP contribution in [0.5, 0.6) is 0 Å². The fourth-order valence-electron chi connectivity index (χ4n) is 3.24. The van der Waals surface area contributed by atoms with Crippen LogP contribution in [-0.2, 0) is 14.4 Å². The molecule has 0 bridgehead atoms. The number of nitrogens with zero attached hydrogens (tertiary/aromatic N) is 1. The molecule has 2 rings (SSSR count). The maximum Gasteiger partial charge on any atom is 0.307 e. The number of nitrogens with two attached hydrogens (primary N) is 1. The highest BCUT2D eigenvalue weighted by Gasteiger charge is 2.49. The lowest BCUT2D eigenvalue weighted by molar-refractivity contribution is -0.142. The summed E-state index contributed by atoms with van der Waals surface area (Å²) in [6.45, 7) is 0.406. The Bertz CT molecular complexity index is 418. The molecule has 6 heteroatoms. The molecule has 2 fully saturated rings. The molecule has 6 nitrogen and oxygen atoms in total. The number of amides is 2. The molecule has 2 atom stereocenters. The lowest BCUT2D eigenvalue weighted by atomic mass is 9.87. The molecule has 21 heavy (non-hydrogen) atoms. The van der Waals surface area contributed by atoms with Gasteiger partial charge in [0.1, 0.15) is 0 Å². The Morgan fingerprint density at radius 2 is 1.76 bits per heavy atom. The van der Waals surface area contributed by atoms with E-state index in [1.807, 2.05) is 0 Å². The predicted molar refractivity (Wildman–Crippen MR) is 76.2 cm³/mol. The quantitative estimate of drug-likeness (QED) is 0.731. The molecule has 2 unspecified atom stereocenters. The van der Waals surface area contributed by atoms with Crippen molar-refractivity contribution in [1.29, 1.82) is 0 Å². The molecule has 2 amide bonds. The van der Waals surface area contributed by atoms with Crippen molar-refractivity contribution >= 4 is 17.8 Å². The summed E-state index contributed by atoms with van der Waals surface area (Å²) in [6, 6.07) is 0. The summed E-state index contributed by atoms with van der Waals surface area (Å²) in [4.78, 5) is 35.7. The third kappa shape index (κ3) is 4.44. The summed E-state index contributed by atoms with van der Waals surface area (Å²) in [5, 5.41) is 8.91. The zero-order valence-corrected chi connectivity index (χ0v) is 12.3. The summed E-state index contributed by atoms with van der Waals surface area (Å²) in [5.74, 6) is -2.14. The van der Waals surface area contributed by atoms with Crippen LogP contribution in [0.1, 0.15) is 44.9 Å². The number of carbonyl (C=O) groups is 3. The Hall–Kier alpha value is -1.59. The van der Waals surface area contributed by atoms with Gasteiger partial charge >= 0.3 is 5.97 Å². The maximum atomic E-state index is 12.3. The topological polar surface area (TPSA) is 101 Å². The number of carboxylic acids is 1. The van der Waals surface area contributed by atoms with Crippen molar-refractivity contribution in [2.75, 3.05) is 13.1 Å². The van der Waals surface area contributed by atoms with E-state index in [0.717, 1.165) is 6.42 Å². The van der Waals surface area contributed by atoms with E-state index >= 15 is 0 Å². The SMILES string of the molecule is NC(=O)CN(CCC1CCCCC1)C(=O)C1CC1C(=O)O. The monoisotopic (exact) mass is 296 g/mol. The van der Waals surface area contributed by atoms with Crippen LogP contribution in [0.15, 0.2) is 0 Å². The van der Waals surface area contributed by atoms with Crippen molar-refractivity contribution < 1.29 is 19.5 Å². The first kappa shape index (κ1) is 15.8. The van der Waals surface area contributed by atoms with Gasteiger partial charge in [0, 0.05) is 6.54 Å². The van der Waals surface area contributed by atoms with E-state index in [0.29, 0.717) is 18.9 Å². The van der Waals surface area contributed by atoms with Gasteiger partial charge in [-0.05, 0) is 18.8 Å². The number of hydrogen-bond donors (Lipinski definition) is 2. The van der Waals surface area contributed by atoms with Crippen LogP contribution in [0.4, 0.5) is 0 Å². The average molecular weight is 296 g/mol. The van der Waals surface area contributed by atoms with Crippen LogP contribution in [0, 0.1) is 17.8 Å². The van der Waals surface area contributed by atoms with Gasteiger partial charge in [0.2, 0.25) is 11.8 Å². The molecular formula is C15H24N2O4. The van der Waals surface area contributed by atoms with E-state index in [2.05, 4.69) is 0 Å². The smallest absolute Gasteiger partial charge is 0.307 e. The van der Waals surface area contributed by atoms with Crippen LogP contribution < -0.4 is 5.73 Å². The van der Waals surface area contributed by atoms with Gasteiger partial charge in [0.25, 0.3) is 0 Å². The first-order valence-electron chi connectivity index (χ1n) is 7.79. The highest BCUT2D eigenvalue weighted by molar-refractivity contribution is 5.91. The van der Waals surface area contributed by atoms with E-state index in [1.165, 1.54) is 37.0 Å². The molecule has 118 valence electrons. The van der Waals surface area contributed by atoms with Crippen molar-refractivity contribution in [3.63, 3.8) is 0 Å². The highest BCUT2D eigenvalue weighted by atomic mass is 16.4. The molecule has 0 aromatic heterocycles. The van der Waals surface area contributed by atoms with Crippen LogP contribution >= 0.6 is 0 Å². The molecule has 3 N–H and O–H groups in total. The Morgan fingerprint density at radius 1 is 1.10 bits per heavy atom. The van der Waals surface area contributed by atoms with Crippen LogP contribution in [0.2, 0.25) is 0 Å². The predicted octanol–water partition coefficient (Wildman–Crippen LogP) is 0.991. The average Bonchev–Trinajstić information content (AvgIpc) is 3.24. The fraction of sp³-hybridized carbons (Fsp3) is 0.800. The first-order chi connectivity index (χ1) is 9.99. The third-order valence-electron chi connectivity index (χ3n) is 4.62. The molecule has 2 saturated carbocycles. The van der Waals surface area contributed by atoms with Gasteiger partial charge < -0.3 is 15.7 Å². The number of hydrogen-bond acceptors (Lipinski definition) is 3. The zero-order valence-electron chi connectivity index (χ0n) is 12.3. The number of carboxylic acid groups (broad SMARTS) is 1. The van der Waals surface area contributed by atoms with E-state index in [-0.39, 0.29) is 12.5 Å². The lowest BCUT2D eigenvalue weighted by Crippen LogP contribution is -2.41. The number of primary amides is 1. The van der Waals surface area contributed by atoms with E-state index < -0.39 is 23.7 Å². The Labute approximate surface area is 124 Å². The number of carbonyl (C=O) groups excluding carboxylic acids is 2. The second-order valence-corrected chi connectivity index (χ2v) is 6.31. The molecule has 0 heterocycles. The van der Waals surface area contributed by atoms with Gasteiger partial charge in [-0.25, -0.2) is 0 Å².